The quantitative estimate of drug-likeness (QED) is 0.395. The summed E-state index contributed by atoms with van der Waals surface area (Å²) in [5.41, 5.74) is 4.18. The van der Waals surface area contributed by atoms with Crippen LogP contribution in [0.15, 0.2) is 24.3 Å². The Kier molecular flexibility index (Phi) is 5.80. The van der Waals surface area contributed by atoms with E-state index in [4.69, 9.17) is 5.73 Å². The number of likely N-dealkylation sites (N-methyl/N-ethyl adjacent to an activating group) is 1. The predicted molar refractivity (Wildman–Crippen MR) is 139 cm³/mol. The second-order valence-electron chi connectivity index (χ2n) is 11.8. The summed E-state index contributed by atoms with van der Waals surface area (Å²) in [4.78, 5) is 67.9. The first-order valence-electron chi connectivity index (χ1n) is 13.3. The number of nitrogens with two attached hydrogens (primary N) is 1. The SMILES string of the molecule is CN(C)[C@@H]1C(=O)C(C(N)=O)C(=O)[C@@]2(O)C(=O)C3C(=O)c4c(cc5ccc(CNC6CC6)cc5c4O)C[C@H]3C[C@@H]12. The Labute approximate surface area is 224 Å². The van der Waals surface area contributed by atoms with Gasteiger partial charge in [0.2, 0.25) is 5.91 Å². The maximum Gasteiger partial charge on any atom is 0.235 e. The Balaban J connectivity index is 1.43. The highest BCUT2D eigenvalue weighted by atomic mass is 16.3. The van der Waals surface area contributed by atoms with E-state index in [0.717, 1.165) is 23.8 Å². The number of aromatic hydroxyl groups is 1. The van der Waals surface area contributed by atoms with Crippen LogP contribution in [0.5, 0.6) is 5.75 Å². The summed E-state index contributed by atoms with van der Waals surface area (Å²) in [6.45, 7) is 0.623. The lowest BCUT2D eigenvalue weighted by molar-refractivity contribution is -0.181. The molecule has 6 atom stereocenters. The first-order valence-corrected chi connectivity index (χ1v) is 13.3. The van der Waals surface area contributed by atoms with Crippen LogP contribution < -0.4 is 11.1 Å². The smallest absolute Gasteiger partial charge is 0.235 e. The van der Waals surface area contributed by atoms with Gasteiger partial charge in [-0.25, -0.2) is 0 Å². The Morgan fingerprint density at radius 1 is 1.13 bits per heavy atom. The average Bonchev–Trinajstić information content (AvgIpc) is 3.69. The number of hydrogen-bond donors (Lipinski definition) is 4. The first-order chi connectivity index (χ1) is 18.4. The fourth-order valence-corrected chi connectivity index (χ4v) is 7.08. The van der Waals surface area contributed by atoms with Gasteiger partial charge in [0, 0.05) is 23.9 Å². The number of aliphatic hydroxyl groups is 1. The normalized spacial score (nSPS) is 32.3. The molecule has 0 saturated heterocycles. The Morgan fingerprint density at radius 2 is 1.85 bits per heavy atom. The van der Waals surface area contributed by atoms with Gasteiger partial charge in [-0.1, -0.05) is 18.2 Å². The Hall–Kier alpha value is -3.47. The number of amides is 1. The molecule has 0 radical (unpaired) electrons. The van der Waals surface area contributed by atoms with Gasteiger partial charge in [0.05, 0.1) is 17.5 Å². The van der Waals surface area contributed by atoms with Crippen LogP contribution in [-0.2, 0) is 32.1 Å². The summed E-state index contributed by atoms with van der Waals surface area (Å²) < 4.78 is 0. The maximum atomic E-state index is 13.9. The minimum atomic E-state index is -2.72. The van der Waals surface area contributed by atoms with Crippen molar-refractivity contribution in [2.24, 2.45) is 29.4 Å². The fourth-order valence-electron chi connectivity index (χ4n) is 7.08. The molecule has 0 aromatic heterocycles. The van der Waals surface area contributed by atoms with Crippen molar-refractivity contribution in [1.82, 2.24) is 10.2 Å². The number of rotatable bonds is 5. The molecule has 3 saturated carbocycles. The van der Waals surface area contributed by atoms with Gasteiger partial charge in [0.15, 0.2) is 34.7 Å². The number of ketones is 4. The highest BCUT2D eigenvalue weighted by Gasteiger charge is 2.69. The van der Waals surface area contributed by atoms with Crippen LogP contribution in [0.2, 0.25) is 0 Å². The number of nitrogens with zero attached hydrogens (tertiary/aromatic N) is 1. The molecule has 4 aliphatic carbocycles. The Bertz CT molecular complexity index is 1480. The number of nitrogens with one attached hydrogen (secondary N) is 1. The lowest BCUT2D eigenvalue weighted by Crippen LogP contribution is -2.74. The highest BCUT2D eigenvalue weighted by Crippen LogP contribution is 2.51. The van der Waals surface area contributed by atoms with Gasteiger partial charge < -0.3 is 21.3 Å². The molecule has 2 unspecified atom stereocenters. The molecule has 6 rings (SSSR count). The van der Waals surface area contributed by atoms with Gasteiger partial charge >= 0.3 is 0 Å². The number of phenols is 1. The van der Waals surface area contributed by atoms with E-state index < -0.39 is 64.4 Å². The molecule has 1 amide bonds. The van der Waals surface area contributed by atoms with Crippen LogP contribution in [0.3, 0.4) is 0 Å². The molecule has 0 spiro atoms. The minimum absolute atomic E-state index is 0.0152. The van der Waals surface area contributed by atoms with Gasteiger partial charge in [-0.3, -0.25) is 28.9 Å². The van der Waals surface area contributed by atoms with Crippen molar-refractivity contribution in [3.63, 3.8) is 0 Å². The van der Waals surface area contributed by atoms with Crippen molar-refractivity contribution in [1.29, 1.82) is 0 Å². The van der Waals surface area contributed by atoms with E-state index in [1.54, 1.807) is 14.1 Å². The molecule has 204 valence electrons. The molecule has 3 fully saturated rings. The molecule has 0 heterocycles. The van der Waals surface area contributed by atoms with Gasteiger partial charge in [-0.2, -0.15) is 0 Å². The summed E-state index contributed by atoms with van der Waals surface area (Å²) in [6.07, 6.45) is 2.56. The van der Waals surface area contributed by atoms with Crippen LogP contribution in [0.25, 0.3) is 10.8 Å². The highest BCUT2D eigenvalue weighted by molar-refractivity contribution is 6.32. The number of primary amides is 1. The minimum Gasteiger partial charge on any atom is -0.507 e. The number of fused-ring (bicyclic) bond motifs is 4. The van der Waals surface area contributed by atoms with Gasteiger partial charge in [-0.05, 0) is 68.3 Å². The second-order valence-corrected chi connectivity index (χ2v) is 11.8. The number of benzene rings is 2. The molecule has 2 aromatic rings. The van der Waals surface area contributed by atoms with E-state index in [1.807, 2.05) is 24.3 Å². The summed E-state index contributed by atoms with van der Waals surface area (Å²) in [6, 6.07) is 6.91. The molecule has 10 nitrogen and oxygen atoms in total. The molecule has 5 N–H and O–H groups in total. The number of carbonyl (C=O) groups is 5. The zero-order valence-electron chi connectivity index (χ0n) is 21.8. The molecular weight excluding hydrogens is 502 g/mol. The van der Waals surface area contributed by atoms with E-state index in [9.17, 15) is 34.2 Å². The molecule has 0 aliphatic heterocycles. The third-order valence-corrected chi connectivity index (χ3v) is 9.10. The van der Waals surface area contributed by atoms with Crippen molar-refractivity contribution >= 4 is 39.8 Å². The van der Waals surface area contributed by atoms with Crippen LogP contribution in [0.4, 0.5) is 0 Å². The maximum absolute atomic E-state index is 13.9. The molecule has 2 aromatic carbocycles. The van der Waals surface area contributed by atoms with Crippen LogP contribution in [0.1, 0.15) is 40.7 Å². The van der Waals surface area contributed by atoms with Crippen molar-refractivity contribution in [3.8, 4) is 5.75 Å². The van der Waals surface area contributed by atoms with E-state index in [0.29, 0.717) is 23.5 Å². The van der Waals surface area contributed by atoms with Gasteiger partial charge in [-0.15, -0.1) is 0 Å². The first kappa shape index (κ1) is 25.8. The lowest BCUT2D eigenvalue weighted by atomic mass is 9.52. The molecule has 4 aliphatic rings. The number of hydrogen-bond acceptors (Lipinski definition) is 9. The summed E-state index contributed by atoms with van der Waals surface area (Å²) in [5, 5.41) is 27.6. The second kappa shape index (κ2) is 8.77. The van der Waals surface area contributed by atoms with Crippen molar-refractivity contribution in [3.05, 3.63) is 41.0 Å². The van der Waals surface area contributed by atoms with Crippen molar-refractivity contribution in [2.75, 3.05) is 14.1 Å². The van der Waals surface area contributed by atoms with E-state index in [-0.39, 0.29) is 24.2 Å². The van der Waals surface area contributed by atoms with Crippen molar-refractivity contribution in [2.45, 2.75) is 49.9 Å². The van der Waals surface area contributed by atoms with E-state index in [1.165, 1.54) is 4.90 Å². The summed E-state index contributed by atoms with van der Waals surface area (Å²) in [7, 11) is 3.13. The number of phenolic OH excluding ortho intramolecular Hbond substituents is 1. The number of Topliss-reactive ketones (excluding diaryl/α,β-unsaturated/α-hetero) is 4. The Morgan fingerprint density at radius 3 is 2.49 bits per heavy atom. The monoisotopic (exact) mass is 533 g/mol. The fraction of sp³-hybridized carbons (Fsp3) is 0.483. The third-order valence-electron chi connectivity index (χ3n) is 9.10. The summed E-state index contributed by atoms with van der Waals surface area (Å²) in [5.74, 6) is -10.3. The number of carbonyl (C=O) groups excluding carboxylic acids is 5. The van der Waals surface area contributed by atoms with E-state index in [2.05, 4.69) is 5.32 Å². The van der Waals surface area contributed by atoms with Crippen LogP contribution in [-0.4, -0.2) is 75.9 Å². The molecule has 10 heteroatoms. The lowest BCUT2D eigenvalue weighted by Gasteiger charge is -2.52. The summed E-state index contributed by atoms with van der Waals surface area (Å²) >= 11 is 0. The zero-order valence-corrected chi connectivity index (χ0v) is 21.8. The molecule has 0 bridgehead atoms. The largest absolute Gasteiger partial charge is 0.507 e. The average molecular weight is 534 g/mol. The predicted octanol–water partition coefficient (Wildman–Crippen LogP) is 0.272. The van der Waals surface area contributed by atoms with Crippen LogP contribution >= 0.6 is 0 Å². The molecule has 39 heavy (non-hydrogen) atoms. The standard InChI is InChI=1S/C29H31N3O7/c1-32(2)22-18-10-15-9-14-8-13-4-3-12(11-31-16-5-6-16)7-17(13)23(33)19(14)24(34)20(15)26(36)29(18,39)27(37)21(25(22)35)28(30)38/h3-4,7-8,15-16,18,20-22,31,33,39H,5-6,9-11H2,1-2H3,(H2,30,38)/t15-,18-,20?,21?,22-,29-/m0/s1. The topological polar surface area (TPSA) is 167 Å². The van der Waals surface area contributed by atoms with Crippen molar-refractivity contribution < 1.29 is 34.2 Å². The van der Waals surface area contributed by atoms with Gasteiger partial charge in [0.1, 0.15) is 5.75 Å². The van der Waals surface area contributed by atoms with Gasteiger partial charge in [0.25, 0.3) is 0 Å². The zero-order chi connectivity index (χ0) is 28.0. The van der Waals surface area contributed by atoms with E-state index >= 15 is 0 Å². The molecular formula is C29H31N3O7. The third kappa shape index (κ3) is 3.69. The van der Waals surface area contributed by atoms with Crippen LogP contribution in [0, 0.1) is 23.7 Å².